The van der Waals surface area contributed by atoms with Crippen molar-refractivity contribution < 1.29 is 4.79 Å². The molecule has 1 heterocycles. The Bertz CT molecular complexity index is 461. The van der Waals surface area contributed by atoms with Crippen molar-refractivity contribution in [1.29, 1.82) is 0 Å². The number of guanidine groups is 1. The average molecular weight is 380 g/mol. The van der Waals surface area contributed by atoms with Crippen molar-refractivity contribution in [2.75, 3.05) is 45.8 Å². The summed E-state index contributed by atoms with van der Waals surface area (Å²) in [6.07, 6.45) is 8.10. The van der Waals surface area contributed by atoms with Crippen LogP contribution in [-0.4, -0.2) is 73.5 Å². The molecular formula is C21H41N5O. The molecule has 2 aliphatic rings. The second-order valence-electron chi connectivity index (χ2n) is 7.94. The molecule has 2 fully saturated rings. The van der Waals surface area contributed by atoms with E-state index in [0.717, 1.165) is 71.0 Å². The Hall–Kier alpha value is -1.30. The summed E-state index contributed by atoms with van der Waals surface area (Å²) in [5, 5.41) is 6.91. The van der Waals surface area contributed by atoms with Crippen molar-refractivity contribution >= 4 is 11.9 Å². The Labute approximate surface area is 166 Å². The molecule has 27 heavy (non-hydrogen) atoms. The van der Waals surface area contributed by atoms with Crippen LogP contribution in [0.5, 0.6) is 0 Å². The van der Waals surface area contributed by atoms with Crippen LogP contribution in [-0.2, 0) is 4.79 Å². The molecule has 2 rings (SSSR count). The summed E-state index contributed by atoms with van der Waals surface area (Å²) in [6, 6.07) is 0.313. The number of carbonyl (C=O) groups excluding carboxylic acids is 1. The van der Waals surface area contributed by atoms with Crippen molar-refractivity contribution in [3.63, 3.8) is 0 Å². The first-order valence-corrected chi connectivity index (χ1v) is 11.2. The van der Waals surface area contributed by atoms with Gasteiger partial charge in [-0.05, 0) is 45.7 Å². The van der Waals surface area contributed by atoms with E-state index >= 15 is 0 Å². The van der Waals surface area contributed by atoms with Gasteiger partial charge in [-0.15, -0.1) is 0 Å². The van der Waals surface area contributed by atoms with Gasteiger partial charge in [0.1, 0.15) is 0 Å². The highest BCUT2D eigenvalue weighted by atomic mass is 16.2. The number of nitrogens with one attached hydrogen (secondary N) is 2. The summed E-state index contributed by atoms with van der Waals surface area (Å²) < 4.78 is 0. The van der Waals surface area contributed by atoms with Crippen molar-refractivity contribution in [1.82, 2.24) is 20.4 Å². The number of hydrogen-bond acceptors (Lipinski definition) is 3. The Balaban J connectivity index is 1.80. The van der Waals surface area contributed by atoms with Crippen LogP contribution in [0.2, 0.25) is 0 Å². The van der Waals surface area contributed by atoms with E-state index in [0.29, 0.717) is 11.9 Å². The molecule has 6 nitrogen and oxygen atoms in total. The van der Waals surface area contributed by atoms with Crippen molar-refractivity contribution in [2.24, 2.45) is 10.9 Å². The second kappa shape index (κ2) is 12.2. The lowest BCUT2D eigenvalue weighted by Gasteiger charge is -2.26. The fourth-order valence-electron chi connectivity index (χ4n) is 4.25. The lowest BCUT2D eigenvalue weighted by atomic mass is 9.88. The smallest absolute Gasteiger partial charge is 0.225 e. The summed E-state index contributed by atoms with van der Waals surface area (Å²) in [7, 11) is 0. The minimum Gasteiger partial charge on any atom is -0.357 e. The highest BCUT2D eigenvalue weighted by Gasteiger charge is 2.31. The maximum atomic E-state index is 12.7. The summed E-state index contributed by atoms with van der Waals surface area (Å²) in [5.74, 6) is 1.55. The Morgan fingerprint density at radius 1 is 1.11 bits per heavy atom. The molecule has 1 atom stereocenters. The van der Waals surface area contributed by atoms with E-state index in [1.807, 2.05) is 0 Å². The van der Waals surface area contributed by atoms with Crippen LogP contribution in [0, 0.1) is 5.92 Å². The van der Waals surface area contributed by atoms with E-state index in [1.54, 1.807) is 0 Å². The number of amides is 1. The number of likely N-dealkylation sites (N-methyl/N-ethyl adjacent to an activating group) is 1. The van der Waals surface area contributed by atoms with Gasteiger partial charge in [-0.1, -0.05) is 33.1 Å². The lowest BCUT2D eigenvalue weighted by molar-refractivity contribution is -0.135. The maximum absolute atomic E-state index is 12.7. The first kappa shape index (κ1) is 22.0. The van der Waals surface area contributed by atoms with Gasteiger partial charge >= 0.3 is 0 Å². The molecule has 0 aromatic heterocycles. The van der Waals surface area contributed by atoms with Gasteiger partial charge in [0.05, 0.1) is 6.54 Å². The van der Waals surface area contributed by atoms with Crippen LogP contribution >= 0.6 is 0 Å². The third-order valence-corrected chi connectivity index (χ3v) is 5.81. The number of hydrogen-bond donors (Lipinski definition) is 2. The van der Waals surface area contributed by atoms with Gasteiger partial charge < -0.3 is 20.4 Å². The van der Waals surface area contributed by atoms with E-state index in [-0.39, 0.29) is 5.92 Å². The number of aliphatic imine (C=N–C) groups is 1. The number of nitrogens with zero attached hydrogens (tertiary/aromatic N) is 3. The molecule has 6 heteroatoms. The molecule has 1 unspecified atom stereocenters. The van der Waals surface area contributed by atoms with Crippen molar-refractivity contribution in [3.8, 4) is 0 Å². The summed E-state index contributed by atoms with van der Waals surface area (Å²) in [5.41, 5.74) is 0. The predicted octanol–water partition coefficient (Wildman–Crippen LogP) is 2.45. The van der Waals surface area contributed by atoms with E-state index in [9.17, 15) is 4.79 Å². The summed E-state index contributed by atoms with van der Waals surface area (Å²) in [4.78, 5) is 22.0. The minimum absolute atomic E-state index is 0.276. The van der Waals surface area contributed by atoms with Gasteiger partial charge in [0, 0.05) is 38.1 Å². The number of carbonyl (C=O) groups is 1. The SMILES string of the molecule is CCCN(CC)CCN=C(NCC)NC1CCN(C(=O)C2CCCCC2)C1. The van der Waals surface area contributed by atoms with Crippen LogP contribution in [0.15, 0.2) is 4.99 Å². The highest BCUT2D eigenvalue weighted by Crippen LogP contribution is 2.26. The molecule has 156 valence electrons. The van der Waals surface area contributed by atoms with Gasteiger partial charge in [0.15, 0.2) is 5.96 Å². The summed E-state index contributed by atoms with van der Waals surface area (Å²) >= 11 is 0. The fraction of sp³-hybridized carbons (Fsp3) is 0.905. The van der Waals surface area contributed by atoms with E-state index in [4.69, 9.17) is 4.99 Å². The molecule has 0 aromatic rings. The quantitative estimate of drug-likeness (QED) is 0.477. The Kier molecular flexibility index (Phi) is 9.95. The number of likely N-dealkylation sites (tertiary alicyclic amines) is 1. The third-order valence-electron chi connectivity index (χ3n) is 5.81. The van der Waals surface area contributed by atoms with Gasteiger partial charge in [-0.3, -0.25) is 9.79 Å². The zero-order valence-corrected chi connectivity index (χ0v) is 17.8. The second-order valence-corrected chi connectivity index (χ2v) is 7.94. The molecule has 1 saturated heterocycles. The van der Waals surface area contributed by atoms with Crippen LogP contribution in [0.3, 0.4) is 0 Å². The molecule has 1 aliphatic heterocycles. The molecule has 0 bridgehead atoms. The van der Waals surface area contributed by atoms with Crippen molar-refractivity contribution in [3.05, 3.63) is 0 Å². The van der Waals surface area contributed by atoms with E-state index in [1.165, 1.54) is 25.7 Å². The van der Waals surface area contributed by atoms with Crippen LogP contribution in [0.4, 0.5) is 0 Å². The molecule has 0 radical (unpaired) electrons. The van der Waals surface area contributed by atoms with Gasteiger partial charge in [0.2, 0.25) is 5.91 Å². The highest BCUT2D eigenvalue weighted by molar-refractivity contribution is 5.81. The monoisotopic (exact) mass is 379 g/mol. The minimum atomic E-state index is 0.276. The molecule has 0 spiro atoms. The molecule has 2 N–H and O–H groups in total. The van der Waals surface area contributed by atoms with Crippen LogP contribution in [0.25, 0.3) is 0 Å². The molecule has 1 aliphatic carbocycles. The predicted molar refractivity (Wildman–Crippen MR) is 113 cm³/mol. The number of rotatable bonds is 9. The zero-order chi connectivity index (χ0) is 19.5. The maximum Gasteiger partial charge on any atom is 0.225 e. The molecule has 1 amide bonds. The normalized spacial score (nSPS) is 21.7. The van der Waals surface area contributed by atoms with Crippen LogP contribution < -0.4 is 10.6 Å². The topological polar surface area (TPSA) is 60.0 Å². The average Bonchev–Trinajstić information content (AvgIpc) is 3.16. The van der Waals surface area contributed by atoms with Gasteiger partial charge in [0.25, 0.3) is 0 Å². The van der Waals surface area contributed by atoms with Gasteiger partial charge in [-0.25, -0.2) is 0 Å². The Morgan fingerprint density at radius 3 is 2.56 bits per heavy atom. The third kappa shape index (κ3) is 7.32. The van der Waals surface area contributed by atoms with Gasteiger partial charge in [-0.2, -0.15) is 0 Å². The lowest BCUT2D eigenvalue weighted by Crippen LogP contribution is -2.46. The molecule has 0 aromatic carbocycles. The summed E-state index contributed by atoms with van der Waals surface area (Å²) in [6.45, 7) is 13.1. The van der Waals surface area contributed by atoms with Crippen LogP contribution in [0.1, 0.15) is 65.7 Å². The van der Waals surface area contributed by atoms with Crippen molar-refractivity contribution in [2.45, 2.75) is 71.8 Å². The molecular weight excluding hydrogens is 338 g/mol. The Morgan fingerprint density at radius 2 is 1.89 bits per heavy atom. The largest absolute Gasteiger partial charge is 0.357 e. The fourth-order valence-corrected chi connectivity index (χ4v) is 4.25. The van der Waals surface area contributed by atoms with E-state index in [2.05, 4.69) is 41.2 Å². The van der Waals surface area contributed by atoms with E-state index < -0.39 is 0 Å². The first-order chi connectivity index (χ1) is 13.2. The standard InChI is InChI=1S/C21H41N5O/c1-4-14-25(6-3)16-13-23-21(22-5-2)24-19-12-15-26(17-19)20(27)18-10-8-7-9-11-18/h18-19H,4-17H2,1-3H3,(H2,22,23,24). The zero-order valence-electron chi connectivity index (χ0n) is 17.8. The first-order valence-electron chi connectivity index (χ1n) is 11.2. The molecule has 1 saturated carbocycles.